The zero-order valence-corrected chi connectivity index (χ0v) is 17.2. The smallest absolute Gasteiger partial charge is 0.282 e. The highest BCUT2D eigenvalue weighted by Gasteiger charge is 2.30. The first-order valence-electron chi connectivity index (χ1n) is 9.95. The summed E-state index contributed by atoms with van der Waals surface area (Å²) in [5, 5.41) is 2.95. The molecule has 148 valence electrons. The lowest BCUT2D eigenvalue weighted by atomic mass is 10.1. The number of ketones is 1. The highest BCUT2D eigenvalue weighted by atomic mass is 16.2. The van der Waals surface area contributed by atoms with E-state index in [0.717, 1.165) is 26.2 Å². The van der Waals surface area contributed by atoms with Gasteiger partial charge in [0.15, 0.2) is 11.8 Å². The van der Waals surface area contributed by atoms with Gasteiger partial charge in [0.25, 0.3) is 5.91 Å². The van der Waals surface area contributed by atoms with Crippen LogP contribution in [0.5, 0.6) is 0 Å². The standard InChI is InChI=1S/C23H29N3O2/c1-16-8-7-11-22(17(16)2)26-14-12-25(13-15-26)18(3)23(28)24-21-10-6-5-9-20(21)19(4)27/h5-11,18H,12-15H2,1-4H3,(H,24,28)/p+1/t18-/m1/s1. The van der Waals surface area contributed by atoms with Crippen molar-refractivity contribution >= 4 is 23.1 Å². The number of hydrogen-bond acceptors (Lipinski definition) is 3. The van der Waals surface area contributed by atoms with Gasteiger partial charge in [-0.1, -0.05) is 24.3 Å². The van der Waals surface area contributed by atoms with Crippen molar-refractivity contribution in [2.45, 2.75) is 33.7 Å². The number of amides is 1. The predicted molar refractivity (Wildman–Crippen MR) is 113 cm³/mol. The molecule has 0 unspecified atom stereocenters. The summed E-state index contributed by atoms with van der Waals surface area (Å²) in [6.45, 7) is 11.5. The highest BCUT2D eigenvalue weighted by Crippen LogP contribution is 2.22. The first kappa shape index (κ1) is 20.1. The molecule has 1 aliphatic rings. The summed E-state index contributed by atoms with van der Waals surface area (Å²) in [6, 6.07) is 13.5. The van der Waals surface area contributed by atoms with Crippen molar-refractivity contribution in [1.82, 2.24) is 0 Å². The van der Waals surface area contributed by atoms with E-state index in [9.17, 15) is 9.59 Å². The second-order valence-electron chi connectivity index (χ2n) is 7.68. The number of carbonyl (C=O) groups is 2. The Bertz CT molecular complexity index is 870. The van der Waals surface area contributed by atoms with Crippen LogP contribution < -0.4 is 15.1 Å². The number of piperazine rings is 1. The number of carbonyl (C=O) groups excluding carboxylic acids is 2. The molecule has 0 radical (unpaired) electrons. The number of anilines is 2. The monoisotopic (exact) mass is 380 g/mol. The molecular formula is C23H30N3O2+. The van der Waals surface area contributed by atoms with Crippen molar-refractivity contribution in [1.29, 1.82) is 0 Å². The average Bonchev–Trinajstić information content (AvgIpc) is 2.70. The van der Waals surface area contributed by atoms with Gasteiger partial charge in [0.2, 0.25) is 0 Å². The number of quaternary nitrogens is 1. The van der Waals surface area contributed by atoms with Crippen LogP contribution in [0.2, 0.25) is 0 Å². The maximum absolute atomic E-state index is 12.8. The summed E-state index contributed by atoms with van der Waals surface area (Å²) in [5.74, 6) is -0.0816. The largest absolute Gasteiger partial charge is 0.360 e. The number of Topliss-reactive ketones (excluding diaryl/α,β-unsaturated/α-hetero) is 1. The molecule has 1 amide bonds. The summed E-state index contributed by atoms with van der Waals surface area (Å²) in [5.41, 5.74) is 5.09. The molecule has 28 heavy (non-hydrogen) atoms. The van der Waals surface area contributed by atoms with Crippen molar-refractivity contribution in [3.05, 3.63) is 59.2 Å². The van der Waals surface area contributed by atoms with E-state index in [1.165, 1.54) is 28.6 Å². The second-order valence-corrected chi connectivity index (χ2v) is 7.68. The van der Waals surface area contributed by atoms with Gasteiger partial charge in [-0.15, -0.1) is 0 Å². The van der Waals surface area contributed by atoms with Gasteiger partial charge in [0.1, 0.15) is 0 Å². The van der Waals surface area contributed by atoms with Crippen LogP contribution in [0.25, 0.3) is 0 Å². The third kappa shape index (κ3) is 4.25. The fourth-order valence-electron chi connectivity index (χ4n) is 3.87. The van der Waals surface area contributed by atoms with Crippen molar-refractivity contribution in [2.24, 2.45) is 0 Å². The lowest BCUT2D eigenvalue weighted by Crippen LogP contribution is -3.19. The maximum Gasteiger partial charge on any atom is 0.282 e. The van der Waals surface area contributed by atoms with Gasteiger partial charge in [-0.25, -0.2) is 0 Å². The van der Waals surface area contributed by atoms with Crippen LogP contribution in [0, 0.1) is 13.8 Å². The summed E-state index contributed by atoms with van der Waals surface area (Å²) in [6.07, 6.45) is 0. The molecule has 2 N–H and O–H groups in total. The molecule has 1 fully saturated rings. The number of aryl methyl sites for hydroxylation is 1. The summed E-state index contributed by atoms with van der Waals surface area (Å²) in [7, 11) is 0. The third-order valence-electron chi connectivity index (χ3n) is 5.89. The van der Waals surface area contributed by atoms with E-state index in [4.69, 9.17) is 0 Å². The third-order valence-corrected chi connectivity index (χ3v) is 5.89. The van der Waals surface area contributed by atoms with Gasteiger partial charge >= 0.3 is 0 Å². The molecule has 0 saturated carbocycles. The molecule has 0 bridgehead atoms. The number of nitrogens with zero attached hydrogens (tertiary/aromatic N) is 1. The quantitative estimate of drug-likeness (QED) is 0.783. The SMILES string of the molecule is CC(=O)c1ccccc1NC(=O)[C@@H](C)[NH+]1CCN(c2cccc(C)c2C)CC1. The first-order valence-corrected chi connectivity index (χ1v) is 9.95. The molecule has 0 spiro atoms. The average molecular weight is 381 g/mol. The Balaban J connectivity index is 1.62. The van der Waals surface area contributed by atoms with Crippen LogP contribution >= 0.6 is 0 Å². The van der Waals surface area contributed by atoms with Crippen LogP contribution in [0.1, 0.15) is 35.3 Å². The lowest BCUT2D eigenvalue weighted by Gasteiger charge is -2.36. The Labute approximate surface area is 167 Å². The fraction of sp³-hybridized carbons (Fsp3) is 0.391. The van der Waals surface area contributed by atoms with E-state index in [1.807, 2.05) is 19.1 Å². The number of rotatable bonds is 5. The zero-order chi connectivity index (χ0) is 20.3. The second kappa shape index (κ2) is 8.57. The summed E-state index contributed by atoms with van der Waals surface area (Å²) >= 11 is 0. The van der Waals surface area contributed by atoms with Crippen LogP contribution in [0.15, 0.2) is 42.5 Å². The molecule has 1 heterocycles. The lowest BCUT2D eigenvalue weighted by molar-refractivity contribution is -0.914. The number of nitrogens with one attached hydrogen (secondary N) is 2. The molecule has 1 atom stereocenters. The molecule has 0 aliphatic carbocycles. The topological polar surface area (TPSA) is 53.9 Å². The fourth-order valence-corrected chi connectivity index (χ4v) is 3.87. The van der Waals surface area contributed by atoms with Crippen LogP contribution in [-0.2, 0) is 4.79 Å². The highest BCUT2D eigenvalue weighted by molar-refractivity contribution is 6.04. The van der Waals surface area contributed by atoms with Crippen LogP contribution in [0.3, 0.4) is 0 Å². The van der Waals surface area contributed by atoms with E-state index in [0.29, 0.717) is 11.3 Å². The van der Waals surface area contributed by atoms with Crippen LogP contribution in [0.4, 0.5) is 11.4 Å². The van der Waals surface area contributed by atoms with Gasteiger partial charge in [-0.05, 0) is 57.0 Å². The zero-order valence-electron chi connectivity index (χ0n) is 17.2. The van der Waals surface area contributed by atoms with Crippen LogP contribution in [-0.4, -0.2) is 43.9 Å². The van der Waals surface area contributed by atoms with Crippen molar-refractivity contribution in [3.63, 3.8) is 0 Å². The molecule has 1 aliphatic heterocycles. The molecule has 2 aromatic carbocycles. The molecule has 5 nitrogen and oxygen atoms in total. The molecular weight excluding hydrogens is 350 g/mol. The molecule has 0 aromatic heterocycles. The summed E-state index contributed by atoms with van der Waals surface area (Å²) in [4.78, 5) is 28.3. The molecule has 3 rings (SSSR count). The minimum absolute atomic E-state index is 0.0381. The number of para-hydroxylation sites is 1. The Morgan fingerprint density at radius 3 is 2.39 bits per heavy atom. The maximum atomic E-state index is 12.8. The number of benzene rings is 2. The van der Waals surface area contributed by atoms with E-state index in [1.54, 1.807) is 12.1 Å². The van der Waals surface area contributed by atoms with Crippen molar-refractivity contribution in [3.8, 4) is 0 Å². The molecule has 5 heteroatoms. The molecule has 2 aromatic rings. The summed E-state index contributed by atoms with van der Waals surface area (Å²) < 4.78 is 0. The van der Waals surface area contributed by atoms with E-state index >= 15 is 0 Å². The van der Waals surface area contributed by atoms with E-state index in [-0.39, 0.29) is 17.7 Å². The van der Waals surface area contributed by atoms with Gasteiger partial charge in [-0.2, -0.15) is 0 Å². The predicted octanol–water partition coefficient (Wildman–Crippen LogP) is 2.24. The Morgan fingerprint density at radius 1 is 1.04 bits per heavy atom. The van der Waals surface area contributed by atoms with E-state index < -0.39 is 0 Å². The van der Waals surface area contributed by atoms with Gasteiger partial charge in [-0.3, -0.25) is 9.59 Å². The Hall–Kier alpha value is -2.66. The molecule has 1 saturated heterocycles. The van der Waals surface area contributed by atoms with Gasteiger partial charge in [0.05, 0.1) is 31.9 Å². The van der Waals surface area contributed by atoms with Gasteiger partial charge < -0.3 is 15.1 Å². The minimum atomic E-state index is -0.166. The first-order chi connectivity index (χ1) is 13.4. The van der Waals surface area contributed by atoms with Crippen molar-refractivity contribution in [2.75, 3.05) is 36.4 Å². The minimum Gasteiger partial charge on any atom is -0.360 e. The Morgan fingerprint density at radius 2 is 1.71 bits per heavy atom. The van der Waals surface area contributed by atoms with Gasteiger partial charge in [0, 0.05) is 11.3 Å². The van der Waals surface area contributed by atoms with E-state index in [2.05, 4.69) is 42.3 Å². The number of hydrogen-bond donors (Lipinski definition) is 2. The van der Waals surface area contributed by atoms with Crippen molar-refractivity contribution < 1.29 is 14.5 Å². The Kier molecular flexibility index (Phi) is 6.15. The normalized spacial score (nSPS) is 15.9.